The first-order valence-electron chi connectivity index (χ1n) is 15.7. The van der Waals surface area contributed by atoms with Crippen molar-refractivity contribution in [1.82, 2.24) is 9.62 Å². The second-order valence-electron chi connectivity index (χ2n) is 11.8. The highest BCUT2D eigenvalue weighted by Gasteiger charge is 2.39. The monoisotopic (exact) mass is 694 g/mol. The minimum Gasteiger partial charge on any atom is -0.452 e. The summed E-state index contributed by atoms with van der Waals surface area (Å²) in [6.45, 7) is 2.47. The van der Waals surface area contributed by atoms with Crippen molar-refractivity contribution in [3.05, 3.63) is 131 Å². The molecule has 2 amide bonds. The van der Waals surface area contributed by atoms with Gasteiger partial charge in [-0.25, -0.2) is 31.3 Å². The van der Waals surface area contributed by atoms with Gasteiger partial charge in [0.2, 0.25) is 10.0 Å². The number of anilines is 1. The third kappa shape index (κ3) is 7.70. The number of methoxy groups -OCH3 is 1. The van der Waals surface area contributed by atoms with Crippen molar-refractivity contribution in [3.63, 3.8) is 0 Å². The molecule has 9 nitrogen and oxygen atoms in total. The van der Waals surface area contributed by atoms with Crippen LogP contribution >= 0.6 is 0 Å². The topological polar surface area (TPSA) is 122 Å². The molecule has 0 aromatic heterocycles. The Kier molecular flexibility index (Phi) is 11.2. The minimum atomic E-state index is -3.92. The van der Waals surface area contributed by atoms with Gasteiger partial charge in [0.15, 0.2) is 0 Å². The van der Waals surface area contributed by atoms with E-state index in [0.29, 0.717) is 11.4 Å². The van der Waals surface area contributed by atoms with Gasteiger partial charge in [0.25, 0.3) is 5.91 Å². The first-order chi connectivity index (χ1) is 23.4. The lowest BCUT2D eigenvalue weighted by atomic mass is 9.84. The predicted octanol–water partition coefficient (Wildman–Crippen LogP) is 5.35. The van der Waals surface area contributed by atoms with E-state index in [0.717, 1.165) is 19.2 Å². The Labute approximate surface area is 283 Å². The summed E-state index contributed by atoms with van der Waals surface area (Å²) in [6, 6.07) is 19.9. The number of hydrogen-bond donors (Lipinski definition) is 2. The van der Waals surface area contributed by atoms with Gasteiger partial charge in [-0.05, 0) is 79.4 Å². The Hall–Kier alpha value is -4.56. The summed E-state index contributed by atoms with van der Waals surface area (Å²) in [4.78, 5) is 28.3. The van der Waals surface area contributed by atoms with Gasteiger partial charge >= 0.3 is 6.09 Å². The van der Waals surface area contributed by atoms with E-state index in [1.165, 1.54) is 71.0 Å². The van der Waals surface area contributed by atoms with Gasteiger partial charge in [-0.2, -0.15) is 4.31 Å². The molecule has 0 unspecified atom stereocenters. The van der Waals surface area contributed by atoms with Crippen LogP contribution in [0.3, 0.4) is 0 Å². The van der Waals surface area contributed by atoms with Crippen LogP contribution in [0.15, 0.2) is 102 Å². The fraction of sp³-hybridized carbons (Fsp3) is 0.278. The number of nitrogens with two attached hydrogens (primary N) is 1. The van der Waals surface area contributed by atoms with Crippen molar-refractivity contribution in [3.8, 4) is 0 Å². The summed E-state index contributed by atoms with van der Waals surface area (Å²) in [5.41, 5.74) is 6.84. The first kappa shape index (κ1) is 35.7. The predicted molar refractivity (Wildman–Crippen MR) is 179 cm³/mol. The van der Waals surface area contributed by atoms with Crippen LogP contribution in [0.1, 0.15) is 36.0 Å². The van der Waals surface area contributed by atoms with E-state index in [4.69, 9.17) is 10.5 Å². The maximum atomic E-state index is 15.7. The van der Waals surface area contributed by atoms with E-state index in [2.05, 4.69) is 5.32 Å². The second-order valence-corrected chi connectivity index (χ2v) is 13.7. The lowest BCUT2D eigenvalue weighted by molar-refractivity contribution is -0.119. The molecule has 1 aliphatic rings. The normalized spacial score (nSPS) is 17.4. The van der Waals surface area contributed by atoms with E-state index < -0.39 is 63.5 Å². The minimum absolute atomic E-state index is 0.0446. The molecule has 3 atom stereocenters. The standard InChI is InChI=1S/C36H37F3N4O5S/c1-23-21-41-22-28(43(23)49(46,47)29-13-4-3-5-14-29)17-18-30-31(39)15-8-16-32(30)42(36(45)48-2)35(44)34(40)33(24-9-6-11-26(37)19-24)25-10-7-12-27(38)20-25/h3-16,19-20,23,28,33-34,41H,17-18,21-22,40H2,1-2H3/t23-,28-,34-/m0/s1. The SMILES string of the molecule is COC(=O)N(C(=O)[C@@H](N)C(c1cccc(F)c1)c1cccc(F)c1)c1cccc(F)c1CC[C@H]1CNC[C@H](C)N1S(=O)(=O)c1ccccc1. The van der Waals surface area contributed by atoms with Crippen LogP contribution in [0.25, 0.3) is 0 Å². The van der Waals surface area contributed by atoms with Crippen molar-refractivity contribution >= 4 is 27.7 Å². The molecule has 1 fully saturated rings. The van der Waals surface area contributed by atoms with Crippen LogP contribution < -0.4 is 16.0 Å². The summed E-state index contributed by atoms with van der Waals surface area (Å²) in [5, 5.41) is 3.23. The van der Waals surface area contributed by atoms with Gasteiger partial charge in [0.1, 0.15) is 17.5 Å². The molecule has 3 N–H and O–H groups in total. The Morgan fingerprint density at radius 1 is 0.918 bits per heavy atom. The molecule has 0 bridgehead atoms. The zero-order chi connectivity index (χ0) is 35.3. The molecular formula is C36H37F3N4O5S. The quantitative estimate of drug-likeness (QED) is 0.230. The van der Waals surface area contributed by atoms with E-state index in [1.807, 2.05) is 0 Å². The number of nitrogens with one attached hydrogen (secondary N) is 1. The van der Waals surface area contributed by atoms with Gasteiger partial charge < -0.3 is 15.8 Å². The van der Waals surface area contributed by atoms with Gasteiger partial charge in [-0.15, -0.1) is 0 Å². The first-order valence-corrected chi connectivity index (χ1v) is 17.1. The average Bonchev–Trinajstić information content (AvgIpc) is 3.08. The number of hydrogen-bond acceptors (Lipinski definition) is 7. The summed E-state index contributed by atoms with van der Waals surface area (Å²) in [7, 11) is -2.87. The van der Waals surface area contributed by atoms with Gasteiger partial charge in [-0.3, -0.25) is 4.79 Å². The van der Waals surface area contributed by atoms with Crippen molar-refractivity contribution in [2.45, 2.75) is 48.7 Å². The summed E-state index contributed by atoms with van der Waals surface area (Å²) in [5.74, 6) is -4.11. The number of sulfonamides is 1. The van der Waals surface area contributed by atoms with E-state index in [-0.39, 0.29) is 46.7 Å². The summed E-state index contributed by atoms with van der Waals surface area (Å²) >= 11 is 0. The van der Waals surface area contributed by atoms with Crippen LogP contribution in [-0.2, 0) is 26.0 Å². The largest absolute Gasteiger partial charge is 0.452 e. The van der Waals surface area contributed by atoms with Gasteiger partial charge in [0, 0.05) is 36.7 Å². The second kappa shape index (κ2) is 15.3. The van der Waals surface area contributed by atoms with Crippen LogP contribution in [0.2, 0.25) is 0 Å². The Morgan fingerprint density at radius 3 is 2.12 bits per heavy atom. The smallest absolute Gasteiger partial charge is 0.420 e. The number of ether oxygens (including phenoxy) is 1. The maximum Gasteiger partial charge on any atom is 0.420 e. The van der Waals surface area contributed by atoms with Crippen LogP contribution in [0.5, 0.6) is 0 Å². The number of benzene rings is 4. The molecule has 4 aromatic rings. The molecule has 0 spiro atoms. The lowest BCUT2D eigenvalue weighted by Crippen LogP contribution is -2.58. The van der Waals surface area contributed by atoms with Crippen molar-refractivity contribution in [2.75, 3.05) is 25.1 Å². The lowest BCUT2D eigenvalue weighted by Gasteiger charge is -2.40. The van der Waals surface area contributed by atoms with Gasteiger partial charge in [-0.1, -0.05) is 48.5 Å². The number of nitrogens with zero attached hydrogens (tertiary/aromatic N) is 2. The molecule has 1 saturated heterocycles. The van der Waals surface area contributed by atoms with Crippen molar-refractivity contribution in [1.29, 1.82) is 0 Å². The maximum absolute atomic E-state index is 15.7. The van der Waals surface area contributed by atoms with Crippen LogP contribution in [-0.4, -0.2) is 63.0 Å². The molecule has 13 heteroatoms. The molecular weight excluding hydrogens is 657 g/mol. The fourth-order valence-corrected chi connectivity index (χ4v) is 8.25. The number of piperazine rings is 1. The zero-order valence-electron chi connectivity index (χ0n) is 26.9. The molecule has 1 heterocycles. The van der Waals surface area contributed by atoms with Crippen LogP contribution in [0, 0.1) is 17.5 Å². The molecule has 1 aliphatic heterocycles. The van der Waals surface area contributed by atoms with Crippen molar-refractivity contribution in [2.24, 2.45) is 5.73 Å². The molecule has 49 heavy (non-hydrogen) atoms. The average molecular weight is 695 g/mol. The molecule has 0 saturated carbocycles. The van der Waals surface area contributed by atoms with E-state index >= 15 is 4.39 Å². The number of amides is 2. The molecule has 0 radical (unpaired) electrons. The molecule has 0 aliphatic carbocycles. The molecule has 258 valence electrons. The fourth-order valence-electron chi connectivity index (χ4n) is 6.39. The van der Waals surface area contributed by atoms with E-state index in [1.54, 1.807) is 25.1 Å². The highest BCUT2D eigenvalue weighted by molar-refractivity contribution is 7.89. The third-order valence-electron chi connectivity index (χ3n) is 8.63. The number of imide groups is 1. The van der Waals surface area contributed by atoms with Crippen LogP contribution in [0.4, 0.5) is 23.7 Å². The molecule has 4 aromatic carbocycles. The van der Waals surface area contributed by atoms with E-state index in [9.17, 15) is 26.8 Å². The summed E-state index contributed by atoms with van der Waals surface area (Å²) < 4.78 is 78.3. The van der Waals surface area contributed by atoms with Gasteiger partial charge in [0.05, 0.1) is 23.7 Å². The zero-order valence-corrected chi connectivity index (χ0v) is 27.7. The Bertz CT molecular complexity index is 1870. The highest BCUT2D eigenvalue weighted by Crippen LogP contribution is 2.33. The third-order valence-corrected chi connectivity index (χ3v) is 10.7. The molecule has 5 rings (SSSR count). The number of rotatable bonds is 10. The van der Waals surface area contributed by atoms with Crippen molar-refractivity contribution < 1.29 is 35.9 Å². The number of carbonyl (C=O) groups excluding carboxylic acids is 2. The highest BCUT2D eigenvalue weighted by atomic mass is 32.2. The Balaban J connectivity index is 1.51. The Morgan fingerprint density at radius 2 is 1.53 bits per heavy atom. The number of halogens is 3. The summed E-state index contributed by atoms with van der Waals surface area (Å²) in [6.07, 6.45) is -1.11. The number of carbonyl (C=O) groups is 2.